The number of anilines is 1. The molecule has 1 aromatic carbocycles. The number of carbonyl (C=O) groups is 1. The van der Waals surface area contributed by atoms with Crippen LogP contribution in [-0.2, 0) is 4.79 Å². The van der Waals surface area contributed by atoms with E-state index in [4.69, 9.17) is 17.0 Å². The highest BCUT2D eigenvalue weighted by molar-refractivity contribution is 7.80. The zero-order valence-electron chi connectivity index (χ0n) is 15.9. The fraction of sp³-hybridized carbons (Fsp3) is 0.600. The van der Waals surface area contributed by atoms with Crippen molar-refractivity contribution in [3.8, 4) is 5.75 Å². The van der Waals surface area contributed by atoms with E-state index in [1.807, 2.05) is 0 Å². The highest BCUT2D eigenvalue weighted by Gasteiger charge is 2.51. The monoisotopic (exact) mass is 403 g/mol. The average molecular weight is 404 g/mol. The first-order valence-corrected chi connectivity index (χ1v) is 10.2. The van der Waals surface area contributed by atoms with Gasteiger partial charge in [-0.3, -0.25) is 14.9 Å². The lowest BCUT2D eigenvalue weighted by Crippen LogP contribution is -2.48. The van der Waals surface area contributed by atoms with Gasteiger partial charge in [-0.25, -0.2) is 0 Å². The van der Waals surface area contributed by atoms with Crippen LogP contribution < -0.4 is 15.4 Å². The summed E-state index contributed by atoms with van der Waals surface area (Å²) < 4.78 is 5.22. The summed E-state index contributed by atoms with van der Waals surface area (Å²) >= 11 is 5.27. The van der Waals surface area contributed by atoms with Gasteiger partial charge in [-0.1, -0.05) is 0 Å². The van der Waals surface area contributed by atoms with Crippen molar-refractivity contribution in [2.45, 2.75) is 44.9 Å². The van der Waals surface area contributed by atoms with E-state index in [1.165, 1.54) is 44.6 Å². The molecule has 4 bridgehead atoms. The summed E-state index contributed by atoms with van der Waals surface area (Å²) in [7, 11) is 1.47. The molecule has 28 heavy (non-hydrogen) atoms. The normalized spacial score (nSPS) is 30.0. The number of benzene rings is 1. The number of carbonyl (C=O) groups excluding carboxylic acids is 1. The second kappa shape index (κ2) is 7.31. The minimum Gasteiger partial charge on any atom is -0.495 e. The van der Waals surface area contributed by atoms with Gasteiger partial charge in [0.05, 0.1) is 17.7 Å². The van der Waals surface area contributed by atoms with E-state index in [2.05, 4.69) is 10.6 Å². The lowest BCUT2D eigenvalue weighted by Gasteiger charge is -2.56. The molecule has 0 aromatic heterocycles. The minimum atomic E-state index is -0.487. The third-order valence-corrected chi connectivity index (χ3v) is 6.80. The molecule has 150 valence electrons. The summed E-state index contributed by atoms with van der Waals surface area (Å²) in [5.41, 5.74) is 0.417. The van der Waals surface area contributed by atoms with E-state index in [0.29, 0.717) is 17.9 Å². The molecule has 1 amide bonds. The summed E-state index contributed by atoms with van der Waals surface area (Å²) in [5, 5.41) is 16.8. The number of nitro groups is 1. The van der Waals surface area contributed by atoms with Crippen LogP contribution in [0, 0.1) is 33.3 Å². The van der Waals surface area contributed by atoms with Crippen molar-refractivity contribution in [3.05, 3.63) is 28.3 Å². The van der Waals surface area contributed by atoms with Crippen LogP contribution in [0.5, 0.6) is 5.75 Å². The molecule has 0 saturated heterocycles. The number of amides is 1. The fourth-order valence-corrected chi connectivity index (χ4v) is 6.30. The maximum absolute atomic E-state index is 12.7. The first kappa shape index (κ1) is 19.1. The van der Waals surface area contributed by atoms with Crippen LogP contribution in [0.15, 0.2) is 18.2 Å². The van der Waals surface area contributed by atoms with Gasteiger partial charge in [-0.15, -0.1) is 0 Å². The molecular weight excluding hydrogens is 378 g/mol. The molecule has 0 aliphatic heterocycles. The third kappa shape index (κ3) is 3.83. The molecule has 0 unspecified atom stereocenters. The quantitative estimate of drug-likeness (QED) is 0.438. The van der Waals surface area contributed by atoms with Crippen molar-refractivity contribution < 1.29 is 14.5 Å². The van der Waals surface area contributed by atoms with Gasteiger partial charge in [-0.05, 0) is 80.0 Å². The van der Waals surface area contributed by atoms with Gasteiger partial charge in [0.1, 0.15) is 5.75 Å². The maximum Gasteiger partial charge on any atom is 0.271 e. The van der Waals surface area contributed by atoms with Gasteiger partial charge in [-0.2, -0.15) is 0 Å². The van der Waals surface area contributed by atoms with E-state index in [9.17, 15) is 14.9 Å². The SMILES string of the molecule is COc1ccc([N+](=O)[O-])cc1NC(=S)NC(=O)CC12CC3CC(CC(C3)C1)C2. The predicted octanol–water partition coefficient (Wildman–Crippen LogP) is 4.02. The molecule has 4 fully saturated rings. The van der Waals surface area contributed by atoms with Crippen molar-refractivity contribution in [2.24, 2.45) is 23.2 Å². The summed E-state index contributed by atoms with van der Waals surface area (Å²) in [6, 6.07) is 4.20. The summed E-state index contributed by atoms with van der Waals surface area (Å²) in [6.45, 7) is 0. The van der Waals surface area contributed by atoms with Crippen molar-refractivity contribution in [1.29, 1.82) is 0 Å². The topological polar surface area (TPSA) is 93.5 Å². The Hall–Kier alpha value is -2.22. The Balaban J connectivity index is 1.38. The molecule has 0 heterocycles. The lowest BCUT2D eigenvalue weighted by atomic mass is 9.49. The Kier molecular flexibility index (Phi) is 4.99. The van der Waals surface area contributed by atoms with Crippen molar-refractivity contribution in [2.75, 3.05) is 12.4 Å². The number of nitrogens with one attached hydrogen (secondary N) is 2. The number of nitro benzene ring substituents is 1. The maximum atomic E-state index is 12.7. The number of hydrogen-bond acceptors (Lipinski definition) is 5. The second-order valence-electron chi connectivity index (χ2n) is 8.74. The molecule has 0 atom stereocenters. The van der Waals surface area contributed by atoms with Gasteiger partial charge >= 0.3 is 0 Å². The molecule has 2 N–H and O–H groups in total. The number of non-ortho nitro benzene ring substituents is 1. The Bertz CT molecular complexity index is 790. The smallest absolute Gasteiger partial charge is 0.271 e. The van der Waals surface area contributed by atoms with Gasteiger partial charge in [0, 0.05) is 18.6 Å². The molecule has 5 rings (SSSR count). The molecule has 0 radical (unpaired) electrons. The first-order valence-electron chi connectivity index (χ1n) is 9.79. The van der Waals surface area contributed by atoms with Gasteiger partial charge in [0.25, 0.3) is 5.69 Å². The first-order chi connectivity index (χ1) is 13.4. The number of methoxy groups -OCH3 is 1. The number of rotatable bonds is 5. The van der Waals surface area contributed by atoms with Crippen LogP contribution in [0.1, 0.15) is 44.9 Å². The van der Waals surface area contributed by atoms with E-state index in [1.54, 1.807) is 0 Å². The van der Waals surface area contributed by atoms with Crippen LogP contribution >= 0.6 is 12.2 Å². The highest BCUT2D eigenvalue weighted by atomic mass is 32.1. The van der Waals surface area contributed by atoms with E-state index >= 15 is 0 Å². The van der Waals surface area contributed by atoms with E-state index in [-0.39, 0.29) is 22.1 Å². The summed E-state index contributed by atoms with van der Waals surface area (Å²) in [6.07, 6.45) is 8.00. The minimum absolute atomic E-state index is 0.0778. The lowest BCUT2D eigenvalue weighted by molar-refractivity contribution is -0.384. The fourth-order valence-electron chi connectivity index (χ4n) is 6.08. The zero-order chi connectivity index (χ0) is 19.9. The molecular formula is C20H25N3O4S. The molecule has 8 heteroatoms. The molecule has 4 saturated carbocycles. The predicted molar refractivity (Wildman–Crippen MR) is 109 cm³/mol. The number of hydrogen-bond donors (Lipinski definition) is 2. The summed E-state index contributed by atoms with van der Waals surface area (Å²) in [5.74, 6) is 2.71. The standard InChI is InChI=1S/C20H25N3O4S/c1-27-17-3-2-15(23(25)26)7-16(17)21-19(28)22-18(24)11-20-8-12-4-13(9-20)6-14(5-12)10-20/h2-3,7,12-14H,4-6,8-11H2,1H3,(H2,21,22,24,28). The van der Waals surface area contributed by atoms with Crippen molar-refractivity contribution in [3.63, 3.8) is 0 Å². The number of thiocarbonyl (C=S) groups is 1. The van der Waals surface area contributed by atoms with Crippen LogP contribution in [0.2, 0.25) is 0 Å². The van der Waals surface area contributed by atoms with Crippen molar-refractivity contribution in [1.82, 2.24) is 5.32 Å². The summed E-state index contributed by atoms with van der Waals surface area (Å²) in [4.78, 5) is 23.2. The molecule has 4 aliphatic carbocycles. The molecule has 0 spiro atoms. The van der Waals surface area contributed by atoms with Gasteiger partial charge in [0.15, 0.2) is 5.11 Å². The van der Waals surface area contributed by atoms with Crippen LogP contribution in [-0.4, -0.2) is 23.1 Å². The van der Waals surface area contributed by atoms with Crippen LogP contribution in [0.3, 0.4) is 0 Å². The van der Waals surface area contributed by atoms with Gasteiger partial charge in [0.2, 0.25) is 5.91 Å². The Morgan fingerprint density at radius 2 is 1.86 bits per heavy atom. The van der Waals surface area contributed by atoms with Crippen LogP contribution in [0.25, 0.3) is 0 Å². The number of ether oxygens (including phenoxy) is 1. The molecule has 1 aromatic rings. The number of nitrogens with zero attached hydrogens (tertiary/aromatic N) is 1. The Morgan fingerprint density at radius 1 is 1.25 bits per heavy atom. The van der Waals surface area contributed by atoms with Crippen molar-refractivity contribution >= 4 is 34.6 Å². The highest BCUT2D eigenvalue weighted by Crippen LogP contribution is 2.61. The second-order valence-corrected chi connectivity index (χ2v) is 9.15. The Morgan fingerprint density at radius 3 is 2.39 bits per heavy atom. The molecule has 4 aliphatic rings. The van der Waals surface area contributed by atoms with Gasteiger partial charge < -0.3 is 15.4 Å². The average Bonchev–Trinajstić information content (AvgIpc) is 2.59. The third-order valence-electron chi connectivity index (χ3n) is 6.60. The largest absolute Gasteiger partial charge is 0.495 e. The van der Waals surface area contributed by atoms with E-state index < -0.39 is 4.92 Å². The van der Waals surface area contributed by atoms with E-state index in [0.717, 1.165) is 37.0 Å². The Labute approximate surface area is 169 Å². The molecule has 7 nitrogen and oxygen atoms in total. The van der Waals surface area contributed by atoms with Crippen LogP contribution in [0.4, 0.5) is 11.4 Å². The zero-order valence-corrected chi connectivity index (χ0v) is 16.7.